The van der Waals surface area contributed by atoms with E-state index in [0.29, 0.717) is 0 Å². The zero-order valence-electron chi connectivity index (χ0n) is 17.1. The summed E-state index contributed by atoms with van der Waals surface area (Å²) in [6.45, 7) is 4.59. The third-order valence-corrected chi connectivity index (χ3v) is 6.16. The molecule has 0 nitrogen and oxygen atoms in total. The molecule has 146 valence electrons. The highest BCUT2D eigenvalue weighted by Crippen LogP contribution is 2.20. The Morgan fingerprint density at radius 1 is 0.417 bits per heavy atom. The maximum absolute atomic E-state index is 3.90. The monoisotopic (exact) mass is 402 g/mol. The Kier molecular flexibility index (Phi) is 22.0. The first-order valence-corrected chi connectivity index (χ1v) is 12.4. The minimum Gasteiger partial charge on any atom is -0.0891 e. The van der Waals surface area contributed by atoms with E-state index in [-0.39, 0.29) is 0 Å². The summed E-state index contributed by atoms with van der Waals surface area (Å²) in [5.74, 6) is 0. The molecule has 0 fully saturated rings. The summed E-state index contributed by atoms with van der Waals surface area (Å²) in [6, 6.07) is 0. The Morgan fingerprint density at radius 3 is 0.958 bits per heavy atom. The van der Waals surface area contributed by atoms with Crippen molar-refractivity contribution in [3.05, 3.63) is 0 Å². The molecular weight excluding hydrogens is 356 g/mol. The number of rotatable bonds is 20. The average molecular weight is 404 g/mol. The highest BCUT2D eigenvalue weighted by atomic mass is 79.9. The summed E-state index contributed by atoms with van der Waals surface area (Å²) >= 11 is 3.90. The summed E-state index contributed by atoms with van der Waals surface area (Å²) in [7, 11) is 0. The Bertz CT molecular complexity index is 192. The molecule has 0 aliphatic heterocycles. The quantitative estimate of drug-likeness (QED) is 0.140. The summed E-state index contributed by atoms with van der Waals surface area (Å²) in [5.41, 5.74) is 0. The molecule has 0 atom stereocenters. The van der Waals surface area contributed by atoms with E-state index in [1.54, 1.807) is 0 Å². The molecule has 0 heterocycles. The van der Waals surface area contributed by atoms with Gasteiger partial charge in [-0.15, -0.1) is 0 Å². The molecule has 0 aliphatic carbocycles. The van der Waals surface area contributed by atoms with E-state index >= 15 is 0 Å². The fraction of sp³-hybridized carbons (Fsp3) is 1.00. The molecule has 1 heteroatoms. The van der Waals surface area contributed by atoms with Crippen molar-refractivity contribution in [3.63, 3.8) is 0 Å². The minimum atomic E-state index is 0.784. The fourth-order valence-corrected chi connectivity index (χ4v) is 4.14. The van der Waals surface area contributed by atoms with Crippen LogP contribution in [0.2, 0.25) is 0 Å². The van der Waals surface area contributed by atoms with E-state index < -0.39 is 0 Å². The zero-order valence-corrected chi connectivity index (χ0v) is 18.7. The summed E-state index contributed by atoms with van der Waals surface area (Å²) in [6.07, 6.45) is 28.8. The van der Waals surface area contributed by atoms with E-state index in [0.717, 1.165) is 4.83 Å². The molecule has 0 saturated carbocycles. The van der Waals surface area contributed by atoms with Gasteiger partial charge in [-0.2, -0.15) is 0 Å². The van der Waals surface area contributed by atoms with Gasteiger partial charge in [0.2, 0.25) is 0 Å². The lowest BCUT2D eigenvalue weighted by Crippen LogP contribution is -1.97. The molecular formula is C23H47Br. The van der Waals surface area contributed by atoms with Crippen LogP contribution in [0.4, 0.5) is 0 Å². The van der Waals surface area contributed by atoms with Crippen LogP contribution < -0.4 is 0 Å². The van der Waals surface area contributed by atoms with Gasteiger partial charge in [0.15, 0.2) is 0 Å². The van der Waals surface area contributed by atoms with Gasteiger partial charge in [0.1, 0.15) is 0 Å². The van der Waals surface area contributed by atoms with Gasteiger partial charge in [0.05, 0.1) is 0 Å². The Labute approximate surface area is 163 Å². The van der Waals surface area contributed by atoms with E-state index in [2.05, 4.69) is 29.8 Å². The first-order chi connectivity index (χ1) is 11.8. The van der Waals surface area contributed by atoms with Crippen LogP contribution in [0.5, 0.6) is 0 Å². The van der Waals surface area contributed by atoms with Crippen LogP contribution in [0, 0.1) is 0 Å². The Balaban J connectivity index is 3.12. The number of alkyl halides is 1. The topological polar surface area (TPSA) is 0 Å². The summed E-state index contributed by atoms with van der Waals surface area (Å²) in [4.78, 5) is 0.784. The first-order valence-electron chi connectivity index (χ1n) is 11.4. The predicted octanol–water partition coefficient (Wildman–Crippen LogP) is 9.59. The molecule has 0 radical (unpaired) electrons. The minimum absolute atomic E-state index is 0.784. The summed E-state index contributed by atoms with van der Waals surface area (Å²) in [5, 5.41) is 0. The molecule has 0 amide bonds. The van der Waals surface area contributed by atoms with Gasteiger partial charge in [0.25, 0.3) is 0 Å². The van der Waals surface area contributed by atoms with Crippen molar-refractivity contribution in [1.82, 2.24) is 0 Å². The Morgan fingerprint density at radius 2 is 0.667 bits per heavy atom. The lowest BCUT2D eigenvalue weighted by Gasteiger charge is -2.09. The van der Waals surface area contributed by atoms with Gasteiger partial charge in [-0.25, -0.2) is 0 Å². The van der Waals surface area contributed by atoms with Crippen LogP contribution in [0.25, 0.3) is 0 Å². The molecule has 0 aromatic rings. The lowest BCUT2D eigenvalue weighted by molar-refractivity contribution is 0.529. The molecule has 0 aliphatic rings. The normalized spacial score (nSPS) is 11.5. The van der Waals surface area contributed by atoms with Crippen molar-refractivity contribution < 1.29 is 0 Å². The number of unbranched alkanes of at least 4 members (excludes halogenated alkanes) is 16. The second-order valence-electron chi connectivity index (χ2n) is 7.83. The molecule has 0 saturated heterocycles. The number of halogens is 1. The van der Waals surface area contributed by atoms with Gasteiger partial charge in [0, 0.05) is 4.83 Å². The molecule has 0 bridgehead atoms. The van der Waals surface area contributed by atoms with E-state index in [1.807, 2.05) is 0 Å². The van der Waals surface area contributed by atoms with Crippen LogP contribution in [0.1, 0.15) is 142 Å². The van der Waals surface area contributed by atoms with Crippen molar-refractivity contribution in [2.24, 2.45) is 0 Å². The SMILES string of the molecule is CCCCCCCCCCCC(Br)CCCCCCCCCCC. The smallest absolute Gasteiger partial charge is 0.0145 e. The maximum atomic E-state index is 3.90. The second-order valence-corrected chi connectivity index (χ2v) is 9.13. The fourth-order valence-electron chi connectivity index (χ4n) is 3.50. The first kappa shape index (κ1) is 24.5. The highest BCUT2D eigenvalue weighted by molar-refractivity contribution is 9.09. The molecule has 0 unspecified atom stereocenters. The van der Waals surface area contributed by atoms with Crippen molar-refractivity contribution in [1.29, 1.82) is 0 Å². The highest BCUT2D eigenvalue weighted by Gasteiger charge is 2.03. The maximum Gasteiger partial charge on any atom is 0.0145 e. The second kappa shape index (κ2) is 21.5. The van der Waals surface area contributed by atoms with Crippen LogP contribution in [-0.4, -0.2) is 4.83 Å². The third kappa shape index (κ3) is 20.5. The summed E-state index contributed by atoms with van der Waals surface area (Å²) < 4.78 is 0. The van der Waals surface area contributed by atoms with Crippen LogP contribution >= 0.6 is 15.9 Å². The molecule has 24 heavy (non-hydrogen) atoms. The van der Waals surface area contributed by atoms with Crippen LogP contribution in [0.3, 0.4) is 0 Å². The standard InChI is InChI=1S/C23H47Br/c1-3-5-7-9-11-13-15-17-19-21-23(24)22-20-18-16-14-12-10-8-6-4-2/h23H,3-22H2,1-2H3. The third-order valence-electron chi connectivity index (χ3n) is 5.24. The van der Waals surface area contributed by atoms with Gasteiger partial charge < -0.3 is 0 Å². The lowest BCUT2D eigenvalue weighted by atomic mass is 10.0. The van der Waals surface area contributed by atoms with Crippen LogP contribution in [-0.2, 0) is 0 Å². The van der Waals surface area contributed by atoms with Crippen molar-refractivity contribution in [3.8, 4) is 0 Å². The number of hydrogen-bond donors (Lipinski definition) is 0. The van der Waals surface area contributed by atoms with Crippen molar-refractivity contribution in [2.75, 3.05) is 0 Å². The van der Waals surface area contributed by atoms with E-state index in [1.165, 1.54) is 128 Å². The molecule has 0 aromatic heterocycles. The van der Waals surface area contributed by atoms with Crippen molar-refractivity contribution >= 4 is 15.9 Å². The van der Waals surface area contributed by atoms with Gasteiger partial charge >= 0.3 is 0 Å². The predicted molar refractivity (Wildman–Crippen MR) is 116 cm³/mol. The Hall–Kier alpha value is 0.480. The molecule has 0 N–H and O–H groups in total. The molecule has 0 spiro atoms. The van der Waals surface area contributed by atoms with Gasteiger partial charge in [-0.05, 0) is 12.8 Å². The van der Waals surface area contributed by atoms with E-state index in [4.69, 9.17) is 0 Å². The van der Waals surface area contributed by atoms with Gasteiger partial charge in [-0.1, -0.05) is 145 Å². The molecule has 0 rings (SSSR count). The van der Waals surface area contributed by atoms with Crippen molar-refractivity contribution in [2.45, 2.75) is 147 Å². The van der Waals surface area contributed by atoms with Crippen LogP contribution in [0.15, 0.2) is 0 Å². The number of hydrogen-bond acceptors (Lipinski definition) is 0. The van der Waals surface area contributed by atoms with E-state index in [9.17, 15) is 0 Å². The zero-order chi connectivity index (χ0) is 17.7. The largest absolute Gasteiger partial charge is 0.0891 e. The van der Waals surface area contributed by atoms with Gasteiger partial charge in [-0.3, -0.25) is 0 Å². The molecule has 0 aromatic carbocycles. The average Bonchev–Trinajstić information content (AvgIpc) is 2.59.